The summed E-state index contributed by atoms with van der Waals surface area (Å²) in [7, 11) is 0. The van der Waals surface area contributed by atoms with Crippen molar-refractivity contribution < 1.29 is 9.13 Å². The molecule has 0 aliphatic carbocycles. The number of anilines is 2. The highest BCUT2D eigenvalue weighted by atomic mass is 19.1. The van der Waals surface area contributed by atoms with Crippen LogP contribution in [0.1, 0.15) is 17.0 Å². The number of nitrogens with zero attached hydrogens (tertiary/aromatic N) is 4. The van der Waals surface area contributed by atoms with E-state index in [1.807, 2.05) is 0 Å². The number of hydrogen-bond donors (Lipinski definition) is 1. The Morgan fingerprint density at radius 1 is 1.14 bits per heavy atom. The van der Waals surface area contributed by atoms with Gasteiger partial charge in [-0.3, -0.25) is 4.90 Å². The Kier molecular flexibility index (Phi) is 4.33. The first-order valence-electron chi connectivity index (χ1n) is 9.52. The fourth-order valence-electron chi connectivity index (χ4n) is 3.77. The summed E-state index contributed by atoms with van der Waals surface area (Å²) in [5.74, 6) is 0.746. The number of benzene rings is 2. The van der Waals surface area contributed by atoms with Gasteiger partial charge >= 0.3 is 0 Å². The fraction of sp³-hybridized carbons (Fsp3) is 0.333. The van der Waals surface area contributed by atoms with Gasteiger partial charge in [-0.1, -0.05) is 12.1 Å². The third-order valence-corrected chi connectivity index (χ3v) is 5.44. The summed E-state index contributed by atoms with van der Waals surface area (Å²) in [6.07, 6.45) is 1.58. The first kappa shape index (κ1) is 17.3. The highest BCUT2D eigenvalue weighted by molar-refractivity contribution is 5.56. The lowest BCUT2D eigenvalue weighted by Crippen LogP contribution is -2.58. The molecule has 0 atom stereocenters. The van der Waals surface area contributed by atoms with Crippen molar-refractivity contribution in [1.82, 2.24) is 19.7 Å². The number of ether oxygens (including phenoxy) is 1. The van der Waals surface area contributed by atoms with Crippen molar-refractivity contribution in [3.63, 3.8) is 0 Å². The topological polar surface area (TPSA) is 55.2 Å². The van der Waals surface area contributed by atoms with Crippen molar-refractivity contribution in [2.24, 2.45) is 0 Å². The molecule has 2 aliphatic rings. The van der Waals surface area contributed by atoms with Gasteiger partial charge in [0.2, 0.25) is 5.95 Å². The van der Waals surface area contributed by atoms with Gasteiger partial charge in [0.15, 0.2) is 0 Å². The molecule has 1 N–H and O–H groups in total. The summed E-state index contributed by atoms with van der Waals surface area (Å²) < 4.78 is 20.3. The Balaban J connectivity index is 1.30. The predicted molar refractivity (Wildman–Crippen MR) is 105 cm³/mol. The first-order valence-corrected chi connectivity index (χ1v) is 9.52. The minimum Gasteiger partial charge on any atom is -0.378 e. The molecular weight excluding hydrogens is 357 g/mol. The van der Waals surface area contributed by atoms with E-state index < -0.39 is 0 Å². The van der Waals surface area contributed by atoms with Crippen molar-refractivity contribution in [1.29, 1.82) is 0 Å². The van der Waals surface area contributed by atoms with E-state index in [0.717, 1.165) is 32.0 Å². The largest absolute Gasteiger partial charge is 0.378 e. The second kappa shape index (κ2) is 7.00. The zero-order valence-corrected chi connectivity index (χ0v) is 15.7. The van der Waals surface area contributed by atoms with Crippen LogP contribution in [0.4, 0.5) is 16.0 Å². The second-order valence-corrected chi connectivity index (χ2v) is 7.59. The van der Waals surface area contributed by atoms with Crippen molar-refractivity contribution >= 4 is 11.6 Å². The molecule has 0 saturated carbocycles. The third kappa shape index (κ3) is 3.39. The lowest BCUT2D eigenvalue weighted by atomic mass is 9.88. The van der Waals surface area contributed by atoms with Crippen LogP contribution in [0.3, 0.4) is 0 Å². The Morgan fingerprint density at radius 3 is 2.75 bits per heavy atom. The van der Waals surface area contributed by atoms with Crippen LogP contribution >= 0.6 is 0 Å². The normalized spacial score (nSPS) is 17.9. The van der Waals surface area contributed by atoms with Gasteiger partial charge in [-0.05, 0) is 48.4 Å². The van der Waals surface area contributed by atoms with Gasteiger partial charge in [0.25, 0.3) is 0 Å². The monoisotopic (exact) mass is 379 g/mol. The summed E-state index contributed by atoms with van der Waals surface area (Å²) in [5, 5.41) is 7.69. The van der Waals surface area contributed by atoms with Crippen LogP contribution in [0.5, 0.6) is 0 Å². The van der Waals surface area contributed by atoms with Crippen LogP contribution in [-0.4, -0.2) is 52.0 Å². The number of rotatable bonds is 5. The molecule has 0 radical (unpaired) electrons. The van der Waals surface area contributed by atoms with Crippen molar-refractivity contribution in [2.45, 2.75) is 18.9 Å². The molecule has 0 spiro atoms. The van der Waals surface area contributed by atoms with Gasteiger partial charge in [0, 0.05) is 24.7 Å². The van der Waals surface area contributed by atoms with Crippen LogP contribution in [-0.2, 0) is 4.74 Å². The zero-order valence-electron chi connectivity index (χ0n) is 15.7. The Bertz CT molecular complexity index is 994. The number of hydrogen-bond acceptors (Lipinski definition) is 5. The molecule has 3 aromatic rings. The summed E-state index contributed by atoms with van der Waals surface area (Å²) >= 11 is 0. The van der Waals surface area contributed by atoms with E-state index in [1.165, 1.54) is 23.3 Å². The smallest absolute Gasteiger partial charge is 0.246 e. The molecule has 2 fully saturated rings. The molecule has 144 valence electrons. The molecule has 28 heavy (non-hydrogen) atoms. The summed E-state index contributed by atoms with van der Waals surface area (Å²) in [6, 6.07) is 13.4. The van der Waals surface area contributed by atoms with Gasteiger partial charge in [-0.25, -0.2) is 9.07 Å². The molecule has 6 nitrogen and oxygen atoms in total. The molecule has 2 aliphatic heterocycles. The van der Waals surface area contributed by atoms with Crippen LogP contribution < -0.4 is 5.32 Å². The average molecular weight is 379 g/mol. The van der Waals surface area contributed by atoms with Gasteiger partial charge in [0.1, 0.15) is 12.1 Å². The Hall–Kier alpha value is -2.77. The highest BCUT2D eigenvalue weighted by Crippen LogP contribution is 2.33. The zero-order chi connectivity index (χ0) is 19.1. The van der Waals surface area contributed by atoms with Crippen molar-refractivity contribution in [3.05, 3.63) is 65.7 Å². The van der Waals surface area contributed by atoms with E-state index in [0.29, 0.717) is 23.6 Å². The Labute approximate surface area is 163 Å². The first-order chi connectivity index (χ1) is 13.6. The number of halogens is 1. The van der Waals surface area contributed by atoms with Gasteiger partial charge in [-0.15, -0.1) is 5.10 Å². The standard InChI is InChI=1S/C21H22FN5O/c1-14-5-15(16-9-26(10-16)20-11-28-12-20)7-18(6-14)24-21-23-13-27(25-21)19-4-2-3-17(22)8-19/h2-8,13,16,20H,9-12H2,1H3,(H,24,25). The molecule has 1 aromatic heterocycles. The van der Waals surface area contributed by atoms with E-state index in [2.05, 4.69) is 45.4 Å². The van der Waals surface area contributed by atoms with E-state index >= 15 is 0 Å². The maximum atomic E-state index is 13.4. The maximum absolute atomic E-state index is 13.4. The lowest BCUT2D eigenvalue weighted by molar-refractivity contribution is -0.0906. The third-order valence-electron chi connectivity index (χ3n) is 5.44. The minimum atomic E-state index is -0.297. The Morgan fingerprint density at radius 2 is 2.00 bits per heavy atom. The summed E-state index contributed by atoms with van der Waals surface area (Å²) in [5.41, 5.74) is 4.15. The lowest BCUT2D eigenvalue weighted by Gasteiger charge is -2.47. The summed E-state index contributed by atoms with van der Waals surface area (Å²) in [6.45, 7) is 6.01. The molecule has 2 saturated heterocycles. The van der Waals surface area contributed by atoms with E-state index in [9.17, 15) is 4.39 Å². The molecule has 5 rings (SSSR count). The molecule has 3 heterocycles. The number of aryl methyl sites for hydroxylation is 1. The van der Waals surface area contributed by atoms with E-state index in [-0.39, 0.29) is 5.82 Å². The van der Waals surface area contributed by atoms with Crippen molar-refractivity contribution in [3.8, 4) is 5.69 Å². The van der Waals surface area contributed by atoms with Crippen LogP contribution in [0.25, 0.3) is 5.69 Å². The molecular formula is C21H22FN5O. The molecule has 0 unspecified atom stereocenters. The van der Waals surface area contributed by atoms with Gasteiger partial charge in [-0.2, -0.15) is 4.98 Å². The second-order valence-electron chi connectivity index (χ2n) is 7.59. The quantitative estimate of drug-likeness (QED) is 0.738. The fourth-order valence-corrected chi connectivity index (χ4v) is 3.77. The van der Waals surface area contributed by atoms with E-state index in [1.54, 1.807) is 23.1 Å². The number of aromatic nitrogens is 3. The number of nitrogens with one attached hydrogen (secondary N) is 1. The van der Waals surface area contributed by atoms with Crippen LogP contribution in [0.15, 0.2) is 48.8 Å². The molecule has 0 bridgehead atoms. The minimum absolute atomic E-state index is 0.297. The molecule has 0 amide bonds. The van der Waals surface area contributed by atoms with Crippen molar-refractivity contribution in [2.75, 3.05) is 31.6 Å². The SMILES string of the molecule is Cc1cc(Nc2ncn(-c3cccc(F)c3)n2)cc(C2CN(C3COC3)C2)c1. The molecule has 7 heteroatoms. The number of likely N-dealkylation sites (tertiary alicyclic amines) is 1. The maximum Gasteiger partial charge on any atom is 0.246 e. The van der Waals surface area contributed by atoms with E-state index in [4.69, 9.17) is 4.74 Å². The van der Waals surface area contributed by atoms with Crippen LogP contribution in [0.2, 0.25) is 0 Å². The van der Waals surface area contributed by atoms with Gasteiger partial charge < -0.3 is 10.1 Å². The highest BCUT2D eigenvalue weighted by Gasteiger charge is 2.36. The summed E-state index contributed by atoms with van der Waals surface area (Å²) in [4.78, 5) is 6.80. The predicted octanol–water partition coefficient (Wildman–Crippen LogP) is 3.26. The van der Waals surface area contributed by atoms with Crippen LogP contribution in [0, 0.1) is 12.7 Å². The van der Waals surface area contributed by atoms with Gasteiger partial charge in [0.05, 0.1) is 24.9 Å². The average Bonchev–Trinajstić information content (AvgIpc) is 3.04. The molecule has 2 aromatic carbocycles.